The molecule has 15 heavy (non-hydrogen) atoms. The lowest BCUT2D eigenvalue weighted by molar-refractivity contribution is 0.247. The molecule has 2 N–H and O–H groups in total. The highest BCUT2D eigenvalue weighted by Crippen LogP contribution is 2.24. The van der Waals surface area contributed by atoms with Crippen molar-refractivity contribution in [1.82, 2.24) is 10.6 Å². The number of hydrogen-bond donors (Lipinski definition) is 2. The maximum atomic E-state index is 13.2. The van der Waals surface area contributed by atoms with E-state index in [2.05, 4.69) is 10.6 Å². The summed E-state index contributed by atoms with van der Waals surface area (Å²) in [6.45, 7) is 0.0378. The zero-order valence-electron chi connectivity index (χ0n) is 7.48. The first-order valence-electron chi connectivity index (χ1n) is 4.27. The van der Waals surface area contributed by atoms with Crippen LogP contribution in [0.3, 0.4) is 0 Å². The summed E-state index contributed by atoms with van der Waals surface area (Å²) in [5, 5.41) is 4.62. The van der Waals surface area contributed by atoms with Gasteiger partial charge in [0.15, 0.2) is 11.6 Å². The van der Waals surface area contributed by atoms with Gasteiger partial charge in [0.2, 0.25) is 0 Å². The molecule has 1 aliphatic heterocycles. The quantitative estimate of drug-likeness (QED) is 0.685. The monoisotopic (exact) mass is 216 g/mol. The van der Waals surface area contributed by atoms with Gasteiger partial charge in [-0.1, -0.05) is 0 Å². The first-order valence-corrected chi connectivity index (χ1v) is 4.27. The molecule has 0 spiro atoms. The Morgan fingerprint density at radius 3 is 2.47 bits per heavy atom. The second-order valence-electron chi connectivity index (χ2n) is 3.16. The summed E-state index contributed by atoms with van der Waals surface area (Å²) in [4.78, 5) is 10.8. The fraction of sp³-hybridized carbons (Fsp3) is 0.222. The standard InChI is InChI=1S/C9H7F3N2O/c10-4-1-2-5(11)8(12)7(4)6-3-13-9(15)14-6/h1-2,6H,3H2,(H2,13,14,15)/t6-/m0/s1. The molecular formula is C9H7F3N2O. The Morgan fingerprint density at radius 2 is 1.87 bits per heavy atom. The molecule has 0 aromatic heterocycles. The number of rotatable bonds is 1. The number of nitrogens with one attached hydrogen (secondary N) is 2. The van der Waals surface area contributed by atoms with E-state index in [1.165, 1.54) is 0 Å². The maximum absolute atomic E-state index is 13.2. The van der Waals surface area contributed by atoms with Crippen LogP contribution in [0, 0.1) is 17.5 Å². The van der Waals surface area contributed by atoms with Gasteiger partial charge in [-0.2, -0.15) is 0 Å². The number of amides is 2. The number of hydrogen-bond acceptors (Lipinski definition) is 1. The van der Waals surface area contributed by atoms with Gasteiger partial charge in [-0.05, 0) is 12.1 Å². The predicted octanol–water partition coefficient (Wildman–Crippen LogP) is 1.46. The van der Waals surface area contributed by atoms with E-state index < -0.39 is 35.1 Å². The lowest BCUT2D eigenvalue weighted by Crippen LogP contribution is -2.23. The number of carbonyl (C=O) groups excluding carboxylic acids is 1. The smallest absolute Gasteiger partial charge is 0.315 e. The second kappa shape index (κ2) is 3.45. The molecule has 1 aliphatic rings. The van der Waals surface area contributed by atoms with Crippen molar-refractivity contribution in [3.8, 4) is 0 Å². The minimum atomic E-state index is -1.26. The fourth-order valence-electron chi connectivity index (χ4n) is 1.49. The normalized spacial score (nSPS) is 19.9. The Balaban J connectivity index is 2.43. The Morgan fingerprint density at radius 1 is 1.20 bits per heavy atom. The van der Waals surface area contributed by atoms with Crippen LogP contribution in [0.25, 0.3) is 0 Å². The van der Waals surface area contributed by atoms with Crippen LogP contribution in [0.4, 0.5) is 18.0 Å². The molecule has 0 bridgehead atoms. The van der Waals surface area contributed by atoms with Gasteiger partial charge in [-0.15, -0.1) is 0 Å². The minimum absolute atomic E-state index is 0.0378. The second-order valence-corrected chi connectivity index (χ2v) is 3.16. The zero-order chi connectivity index (χ0) is 11.0. The van der Waals surface area contributed by atoms with Crippen LogP contribution in [-0.4, -0.2) is 12.6 Å². The van der Waals surface area contributed by atoms with Crippen molar-refractivity contribution in [2.45, 2.75) is 6.04 Å². The summed E-state index contributed by atoms with van der Waals surface area (Å²) in [7, 11) is 0. The van der Waals surface area contributed by atoms with Gasteiger partial charge in [-0.25, -0.2) is 18.0 Å². The molecule has 80 valence electrons. The summed E-state index contributed by atoms with van der Waals surface area (Å²) < 4.78 is 39.3. The lowest BCUT2D eigenvalue weighted by atomic mass is 10.1. The molecule has 1 aromatic rings. The first-order chi connectivity index (χ1) is 7.09. The predicted molar refractivity (Wildman–Crippen MR) is 45.6 cm³/mol. The van der Waals surface area contributed by atoms with Crippen LogP contribution < -0.4 is 10.6 Å². The van der Waals surface area contributed by atoms with Crippen molar-refractivity contribution >= 4 is 6.03 Å². The molecule has 2 amide bonds. The van der Waals surface area contributed by atoms with Crippen molar-refractivity contribution < 1.29 is 18.0 Å². The zero-order valence-corrected chi connectivity index (χ0v) is 7.48. The molecule has 0 saturated carbocycles. The van der Waals surface area contributed by atoms with Gasteiger partial charge in [0.25, 0.3) is 0 Å². The van der Waals surface area contributed by atoms with E-state index in [1.54, 1.807) is 0 Å². The Labute approximate surface area is 83.3 Å². The van der Waals surface area contributed by atoms with Crippen molar-refractivity contribution in [3.63, 3.8) is 0 Å². The van der Waals surface area contributed by atoms with Crippen molar-refractivity contribution in [2.75, 3.05) is 6.54 Å². The van der Waals surface area contributed by atoms with Crippen LogP contribution >= 0.6 is 0 Å². The molecule has 0 aliphatic carbocycles. The van der Waals surface area contributed by atoms with E-state index in [0.717, 1.165) is 6.07 Å². The molecule has 1 heterocycles. The van der Waals surface area contributed by atoms with Crippen LogP contribution in [-0.2, 0) is 0 Å². The van der Waals surface area contributed by atoms with Crippen molar-refractivity contribution in [1.29, 1.82) is 0 Å². The molecule has 1 saturated heterocycles. The molecule has 0 unspecified atom stereocenters. The first kappa shape index (κ1) is 9.82. The number of benzene rings is 1. The van der Waals surface area contributed by atoms with Gasteiger partial charge in [0.05, 0.1) is 11.6 Å². The molecular weight excluding hydrogens is 209 g/mol. The third-order valence-electron chi connectivity index (χ3n) is 2.20. The maximum Gasteiger partial charge on any atom is 0.315 e. The third-order valence-corrected chi connectivity index (χ3v) is 2.20. The van der Waals surface area contributed by atoms with Gasteiger partial charge < -0.3 is 10.6 Å². The highest BCUT2D eigenvalue weighted by Gasteiger charge is 2.28. The summed E-state index contributed by atoms with van der Waals surface area (Å²) in [6, 6.07) is 0.146. The molecule has 1 aromatic carbocycles. The van der Waals surface area contributed by atoms with Crippen LogP contribution in [0.15, 0.2) is 12.1 Å². The molecule has 3 nitrogen and oxygen atoms in total. The Hall–Kier alpha value is -1.72. The molecule has 6 heteroatoms. The van der Waals surface area contributed by atoms with Gasteiger partial charge >= 0.3 is 6.03 Å². The number of urea groups is 1. The van der Waals surface area contributed by atoms with E-state index >= 15 is 0 Å². The van der Waals surface area contributed by atoms with E-state index in [0.29, 0.717) is 6.07 Å². The molecule has 1 fully saturated rings. The number of carbonyl (C=O) groups is 1. The summed E-state index contributed by atoms with van der Waals surface area (Å²) >= 11 is 0. The summed E-state index contributed by atoms with van der Waals surface area (Å²) in [5.74, 6) is -3.26. The van der Waals surface area contributed by atoms with Gasteiger partial charge in [0, 0.05) is 6.54 Å². The lowest BCUT2D eigenvalue weighted by Gasteiger charge is -2.11. The average Bonchev–Trinajstić information content (AvgIpc) is 2.59. The van der Waals surface area contributed by atoms with E-state index in [4.69, 9.17) is 0 Å². The summed E-state index contributed by atoms with van der Waals surface area (Å²) in [5.41, 5.74) is -0.451. The highest BCUT2D eigenvalue weighted by atomic mass is 19.2. The average molecular weight is 216 g/mol. The Kier molecular flexibility index (Phi) is 2.26. The molecule has 0 radical (unpaired) electrons. The fourth-order valence-corrected chi connectivity index (χ4v) is 1.49. The third kappa shape index (κ3) is 1.62. The van der Waals surface area contributed by atoms with Gasteiger partial charge in [0.1, 0.15) is 5.82 Å². The van der Waals surface area contributed by atoms with E-state index in [9.17, 15) is 18.0 Å². The topological polar surface area (TPSA) is 41.1 Å². The van der Waals surface area contributed by atoms with Gasteiger partial charge in [-0.3, -0.25) is 0 Å². The molecule has 2 rings (SSSR count). The van der Waals surface area contributed by atoms with E-state index in [1.807, 2.05) is 0 Å². The minimum Gasteiger partial charge on any atom is -0.336 e. The summed E-state index contributed by atoms with van der Waals surface area (Å²) in [6.07, 6.45) is 0. The Bertz CT molecular complexity index is 422. The van der Waals surface area contributed by atoms with E-state index in [-0.39, 0.29) is 6.54 Å². The molecule has 1 atom stereocenters. The highest BCUT2D eigenvalue weighted by molar-refractivity contribution is 5.76. The van der Waals surface area contributed by atoms with Crippen molar-refractivity contribution in [2.24, 2.45) is 0 Å². The number of halogens is 3. The van der Waals surface area contributed by atoms with Crippen LogP contribution in [0.5, 0.6) is 0 Å². The van der Waals surface area contributed by atoms with Crippen LogP contribution in [0.1, 0.15) is 11.6 Å². The SMILES string of the molecule is O=C1NC[C@@H](c2c(F)ccc(F)c2F)N1. The van der Waals surface area contributed by atoms with Crippen LogP contribution in [0.2, 0.25) is 0 Å². The largest absolute Gasteiger partial charge is 0.336 e. The van der Waals surface area contributed by atoms with Crippen molar-refractivity contribution in [3.05, 3.63) is 35.1 Å².